The summed E-state index contributed by atoms with van der Waals surface area (Å²) in [6.07, 6.45) is 3.70. The van der Waals surface area contributed by atoms with Crippen LogP contribution in [0.1, 0.15) is 36.8 Å². The van der Waals surface area contributed by atoms with Gasteiger partial charge >= 0.3 is 0 Å². The van der Waals surface area contributed by atoms with Crippen molar-refractivity contribution < 1.29 is 24.3 Å². The Morgan fingerprint density at radius 3 is 2.45 bits per heavy atom. The van der Waals surface area contributed by atoms with Gasteiger partial charge in [0.05, 0.1) is 17.5 Å². The van der Waals surface area contributed by atoms with Crippen LogP contribution in [0.5, 0.6) is 5.75 Å². The van der Waals surface area contributed by atoms with E-state index in [2.05, 4.69) is 0 Å². The molecular formula is C30H23Cl2NO5. The molecule has 6 nitrogen and oxygen atoms in total. The number of hydrogen-bond acceptors (Lipinski definition) is 5. The van der Waals surface area contributed by atoms with Gasteiger partial charge < -0.3 is 5.11 Å². The average Bonchev–Trinajstić information content (AvgIpc) is 3.14. The van der Waals surface area contributed by atoms with Gasteiger partial charge in [-0.2, -0.15) is 0 Å². The first kappa shape index (κ1) is 24.8. The third kappa shape index (κ3) is 3.54. The monoisotopic (exact) mass is 547 g/mol. The van der Waals surface area contributed by atoms with Crippen LogP contribution in [-0.4, -0.2) is 28.5 Å². The summed E-state index contributed by atoms with van der Waals surface area (Å²) in [4.78, 5) is 55.3. The van der Waals surface area contributed by atoms with Crippen LogP contribution >= 0.6 is 23.2 Å². The number of carbonyl (C=O) groups excluding carboxylic acids is 4. The third-order valence-electron chi connectivity index (χ3n) is 8.28. The molecule has 6 rings (SSSR count). The maximum atomic E-state index is 13.9. The molecule has 4 aliphatic rings. The highest BCUT2D eigenvalue weighted by Gasteiger charge is 2.56. The van der Waals surface area contributed by atoms with Gasteiger partial charge in [-0.25, -0.2) is 4.90 Å². The van der Waals surface area contributed by atoms with Gasteiger partial charge in [0, 0.05) is 38.2 Å². The first-order valence-corrected chi connectivity index (χ1v) is 13.2. The molecule has 1 saturated heterocycles. The Morgan fingerprint density at radius 1 is 0.947 bits per heavy atom. The van der Waals surface area contributed by atoms with Crippen LogP contribution in [0.4, 0.5) is 5.69 Å². The average molecular weight is 548 g/mol. The fourth-order valence-electron chi connectivity index (χ4n) is 6.47. The standard InChI is InChI=1S/C30H23Cl2NO5/c1-13-3-5-16(11-22(13)32)33-29(37)18-7-6-17-19(26(18)30(33)38)12-21-27(24(35)9-14(2)28(21)36)25(17)20-10-15(31)4-8-23(20)34/h3-6,8-11,18-19,25-26,34H,7,12H2,1-2H3/t18-,19+,25+,26-/m0/s1. The van der Waals surface area contributed by atoms with E-state index in [1.165, 1.54) is 17.0 Å². The Labute approximate surface area is 229 Å². The predicted molar refractivity (Wildman–Crippen MR) is 143 cm³/mol. The lowest BCUT2D eigenvalue weighted by molar-refractivity contribution is -0.123. The number of aromatic hydroxyl groups is 1. The molecule has 38 heavy (non-hydrogen) atoms. The molecule has 0 saturated carbocycles. The molecule has 1 fully saturated rings. The number of imide groups is 1. The van der Waals surface area contributed by atoms with Gasteiger partial charge in [-0.05, 0) is 74.6 Å². The Balaban J connectivity index is 1.50. The Morgan fingerprint density at radius 2 is 1.71 bits per heavy atom. The molecule has 8 heteroatoms. The van der Waals surface area contributed by atoms with Crippen molar-refractivity contribution in [3.05, 3.63) is 92.0 Å². The second-order valence-electron chi connectivity index (χ2n) is 10.4. The maximum Gasteiger partial charge on any atom is 0.238 e. The van der Waals surface area contributed by atoms with Crippen molar-refractivity contribution in [1.82, 2.24) is 0 Å². The number of Topliss-reactive ketones (excluding diaryl/α,β-unsaturated/α-hetero) is 1. The number of carbonyl (C=O) groups is 4. The number of nitrogens with zero attached hydrogens (tertiary/aromatic N) is 1. The minimum absolute atomic E-state index is 0.0637. The van der Waals surface area contributed by atoms with Crippen LogP contribution in [0.2, 0.25) is 10.0 Å². The molecule has 0 aromatic heterocycles. The van der Waals surface area contributed by atoms with E-state index >= 15 is 0 Å². The fourth-order valence-corrected chi connectivity index (χ4v) is 6.82. The predicted octanol–water partition coefficient (Wildman–Crippen LogP) is 5.64. The minimum atomic E-state index is -0.755. The zero-order valence-electron chi connectivity index (χ0n) is 20.6. The number of benzene rings is 2. The van der Waals surface area contributed by atoms with Crippen molar-refractivity contribution in [3.8, 4) is 5.75 Å². The lowest BCUT2D eigenvalue weighted by Gasteiger charge is -2.42. The lowest BCUT2D eigenvalue weighted by Crippen LogP contribution is -2.39. The second-order valence-corrected chi connectivity index (χ2v) is 11.2. The number of allylic oxidation sites excluding steroid dienone is 6. The van der Waals surface area contributed by atoms with Gasteiger partial charge in [0.2, 0.25) is 11.8 Å². The van der Waals surface area contributed by atoms with Crippen molar-refractivity contribution in [3.63, 3.8) is 0 Å². The molecule has 0 bridgehead atoms. The zero-order valence-corrected chi connectivity index (χ0v) is 22.1. The Kier molecular flexibility index (Phi) is 5.74. The van der Waals surface area contributed by atoms with Gasteiger partial charge in [0.1, 0.15) is 5.75 Å². The molecule has 0 unspecified atom stereocenters. The Bertz CT molecular complexity index is 1580. The van der Waals surface area contributed by atoms with Gasteiger partial charge in [0.25, 0.3) is 0 Å². The van der Waals surface area contributed by atoms with E-state index in [0.29, 0.717) is 44.4 Å². The second kappa shape index (κ2) is 8.79. The van der Waals surface area contributed by atoms with Crippen molar-refractivity contribution in [2.45, 2.75) is 32.6 Å². The SMILES string of the molecule is CC1=CC(=O)C2=C(C[C@@H]3C(=CC[C@@H]4C(=O)N(c5ccc(C)c(Cl)c5)C(=O)[C@@H]43)[C@@H]2c2cc(Cl)ccc2O)C1=O. The fraction of sp³-hybridized carbons (Fsp3) is 0.267. The molecule has 0 spiro atoms. The number of halogens is 2. The van der Waals surface area contributed by atoms with Gasteiger partial charge in [0.15, 0.2) is 11.6 Å². The van der Waals surface area contributed by atoms with E-state index in [9.17, 15) is 24.3 Å². The highest BCUT2D eigenvalue weighted by Crippen LogP contribution is 2.56. The van der Waals surface area contributed by atoms with Gasteiger partial charge in [-0.3, -0.25) is 19.2 Å². The minimum Gasteiger partial charge on any atom is -0.508 e. The summed E-state index contributed by atoms with van der Waals surface area (Å²) in [5.74, 6) is -3.84. The van der Waals surface area contributed by atoms with Gasteiger partial charge in [-0.15, -0.1) is 0 Å². The van der Waals surface area contributed by atoms with E-state index in [1.807, 2.05) is 13.0 Å². The van der Waals surface area contributed by atoms with Gasteiger partial charge in [-0.1, -0.05) is 40.9 Å². The molecule has 0 radical (unpaired) electrons. The van der Waals surface area contributed by atoms with Crippen molar-refractivity contribution in [2.24, 2.45) is 17.8 Å². The first-order valence-electron chi connectivity index (χ1n) is 12.4. The quantitative estimate of drug-likeness (QED) is 0.298. The molecule has 1 N–H and O–H groups in total. The third-order valence-corrected chi connectivity index (χ3v) is 8.92. The number of hydrogen-bond donors (Lipinski definition) is 1. The number of ketones is 2. The normalized spacial score (nSPS) is 26.7. The summed E-state index contributed by atoms with van der Waals surface area (Å²) in [7, 11) is 0. The maximum absolute atomic E-state index is 13.9. The summed E-state index contributed by atoms with van der Waals surface area (Å²) in [6.45, 7) is 3.44. The Hall–Kier alpha value is -3.48. The molecule has 1 aliphatic heterocycles. The highest BCUT2D eigenvalue weighted by molar-refractivity contribution is 6.32. The molecule has 1 heterocycles. The largest absolute Gasteiger partial charge is 0.508 e. The van der Waals surface area contributed by atoms with Crippen molar-refractivity contribution in [2.75, 3.05) is 4.90 Å². The summed E-state index contributed by atoms with van der Waals surface area (Å²) in [5.41, 5.74) is 3.35. The number of phenols is 1. The molecule has 2 aromatic rings. The smallest absolute Gasteiger partial charge is 0.238 e. The summed E-state index contributed by atoms with van der Waals surface area (Å²) >= 11 is 12.6. The van der Waals surface area contributed by atoms with E-state index in [-0.39, 0.29) is 35.6 Å². The number of aryl methyl sites for hydroxylation is 1. The molecule has 3 aliphatic carbocycles. The van der Waals surface area contributed by atoms with E-state index < -0.39 is 23.7 Å². The van der Waals surface area contributed by atoms with E-state index in [0.717, 1.165) is 11.1 Å². The molecule has 2 aromatic carbocycles. The van der Waals surface area contributed by atoms with Crippen LogP contribution in [0.15, 0.2) is 70.8 Å². The summed E-state index contributed by atoms with van der Waals surface area (Å²) in [5, 5.41) is 11.7. The van der Waals surface area contributed by atoms with Crippen LogP contribution in [-0.2, 0) is 19.2 Å². The van der Waals surface area contributed by atoms with Crippen molar-refractivity contribution in [1.29, 1.82) is 0 Å². The number of fused-ring (bicyclic) bond motifs is 3. The number of phenolic OH excluding ortho intramolecular Hbond substituents is 1. The van der Waals surface area contributed by atoms with Crippen LogP contribution in [0, 0.1) is 24.7 Å². The molecule has 4 atom stereocenters. The number of amides is 2. The van der Waals surface area contributed by atoms with Crippen LogP contribution < -0.4 is 4.90 Å². The molecule has 2 amide bonds. The van der Waals surface area contributed by atoms with E-state index in [1.54, 1.807) is 37.3 Å². The lowest BCUT2D eigenvalue weighted by atomic mass is 9.59. The van der Waals surface area contributed by atoms with Crippen molar-refractivity contribution >= 4 is 52.3 Å². The zero-order chi connectivity index (χ0) is 27.0. The highest BCUT2D eigenvalue weighted by atomic mass is 35.5. The number of anilines is 1. The van der Waals surface area contributed by atoms with E-state index in [4.69, 9.17) is 23.2 Å². The van der Waals surface area contributed by atoms with Crippen LogP contribution in [0.25, 0.3) is 0 Å². The summed E-state index contributed by atoms with van der Waals surface area (Å²) in [6, 6.07) is 9.67. The summed E-state index contributed by atoms with van der Waals surface area (Å²) < 4.78 is 0. The van der Waals surface area contributed by atoms with Crippen LogP contribution in [0.3, 0.4) is 0 Å². The number of rotatable bonds is 2. The topological polar surface area (TPSA) is 91.8 Å². The molecular weight excluding hydrogens is 525 g/mol. The molecule has 192 valence electrons. The first-order chi connectivity index (χ1) is 18.1.